The van der Waals surface area contributed by atoms with Gasteiger partial charge in [0, 0.05) is 10.0 Å². The number of carboxylic acid groups (broad SMARTS) is 1. The van der Waals surface area contributed by atoms with Crippen LogP contribution < -0.4 is 4.74 Å². The number of carboxylic acids is 1. The maximum atomic E-state index is 10.7. The molecule has 0 amide bonds. The SMILES string of the molecule is N#C/C(=C\c1cc(Br)ccc1OCC(=O)O)c1nc2ccccc2o1. The minimum absolute atomic E-state index is 0.188. The molecular formula is C18H11BrN2O4. The van der Waals surface area contributed by atoms with E-state index in [1.165, 1.54) is 0 Å². The van der Waals surface area contributed by atoms with E-state index in [0.717, 1.165) is 4.47 Å². The fourth-order valence-corrected chi connectivity index (χ4v) is 2.57. The molecule has 0 unspecified atom stereocenters. The predicted octanol–water partition coefficient (Wildman–Crippen LogP) is 4.12. The average Bonchev–Trinajstić information content (AvgIpc) is 3.02. The van der Waals surface area contributed by atoms with Crippen molar-refractivity contribution in [3.05, 3.63) is 58.4 Å². The van der Waals surface area contributed by atoms with Crippen LogP contribution in [0, 0.1) is 11.3 Å². The summed E-state index contributed by atoms with van der Waals surface area (Å²) in [7, 11) is 0. The lowest BCUT2D eigenvalue weighted by Crippen LogP contribution is -2.10. The highest BCUT2D eigenvalue weighted by atomic mass is 79.9. The van der Waals surface area contributed by atoms with Crippen LogP contribution in [-0.4, -0.2) is 22.7 Å². The van der Waals surface area contributed by atoms with E-state index in [1.807, 2.05) is 12.1 Å². The molecule has 0 atom stereocenters. The third-order valence-electron chi connectivity index (χ3n) is 3.27. The molecule has 0 saturated heterocycles. The molecule has 0 spiro atoms. The van der Waals surface area contributed by atoms with Crippen LogP contribution in [0.4, 0.5) is 0 Å². The summed E-state index contributed by atoms with van der Waals surface area (Å²) in [5.74, 6) is -0.556. The number of allylic oxidation sites excluding steroid dienone is 1. The number of ether oxygens (including phenoxy) is 1. The van der Waals surface area contributed by atoms with E-state index in [9.17, 15) is 10.1 Å². The van der Waals surface area contributed by atoms with Gasteiger partial charge in [-0.15, -0.1) is 0 Å². The van der Waals surface area contributed by atoms with Crippen molar-refractivity contribution in [1.29, 1.82) is 5.26 Å². The van der Waals surface area contributed by atoms with Crippen molar-refractivity contribution in [2.45, 2.75) is 0 Å². The van der Waals surface area contributed by atoms with Gasteiger partial charge in [-0.05, 0) is 36.4 Å². The summed E-state index contributed by atoms with van der Waals surface area (Å²) >= 11 is 3.35. The molecule has 0 saturated carbocycles. The molecule has 6 nitrogen and oxygen atoms in total. The normalized spacial score (nSPS) is 11.3. The summed E-state index contributed by atoms with van der Waals surface area (Å²) in [6.45, 7) is -0.479. The number of aromatic nitrogens is 1. The highest BCUT2D eigenvalue weighted by Crippen LogP contribution is 2.28. The second-order valence-corrected chi connectivity index (χ2v) is 5.94. The molecule has 0 aliphatic rings. The summed E-state index contributed by atoms with van der Waals surface area (Å²) in [6.07, 6.45) is 1.55. The summed E-state index contributed by atoms with van der Waals surface area (Å²) in [5, 5.41) is 18.3. The Morgan fingerprint density at radius 3 is 2.88 bits per heavy atom. The molecule has 3 aromatic rings. The Bertz CT molecular complexity index is 984. The summed E-state index contributed by atoms with van der Waals surface area (Å²) in [6, 6.07) is 14.3. The quantitative estimate of drug-likeness (QED) is 0.649. The van der Waals surface area contributed by atoms with Gasteiger partial charge in [-0.2, -0.15) is 5.26 Å². The Labute approximate surface area is 151 Å². The van der Waals surface area contributed by atoms with E-state index in [2.05, 4.69) is 27.0 Å². The number of para-hydroxylation sites is 2. The van der Waals surface area contributed by atoms with Crippen molar-refractivity contribution in [2.24, 2.45) is 0 Å². The molecule has 0 aliphatic carbocycles. The maximum absolute atomic E-state index is 10.7. The molecule has 1 aromatic heterocycles. The number of benzene rings is 2. The fraction of sp³-hybridized carbons (Fsp3) is 0.0556. The van der Waals surface area contributed by atoms with Crippen LogP contribution in [0.1, 0.15) is 11.5 Å². The Morgan fingerprint density at radius 2 is 2.16 bits per heavy atom. The van der Waals surface area contributed by atoms with Gasteiger partial charge in [-0.1, -0.05) is 28.1 Å². The maximum Gasteiger partial charge on any atom is 0.341 e. The van der Waals surface area contributed by atoms with Gasteiger partial charge in [-0.3, -0.25) is 0 Å². The number of hydrogen-bond donors (Lipinski definition) is 1. The molecule has 0 radical (unpaired) electrons. The third kappa shape index (κ3) is 3.87. The van der Waals surface area contributed by atoms with Gasteiger partial charge in [0.2, 0.25) is 5.89 Å². The van der Waals surface area contributed by atoms with Crippen molar-refractivity contribution in [3.63, 3.8) is 0 Å². The zero-order valence-electron chi connectivity index (χ0n) is 12.8. The largest absolute Gasteiger partial charge is 0.481 e. The minimum atomic E-state index is -1.09. The van der Waals surface area contributed by atoms with E-state index in [1.54, 1.807) is 36.4 Å². The standard InChI is InChI=1S/C18H11BrN2O4/c19-13-5-6-15(24-10-17(22)23)11(8-13)7-12(9-20)18-21-14-3-1-2-4-16(14)25-18/h1-8H,10H2,(H,22,23)/b12-7+. The summed E-state index contributed by atoms with van der Waals surface area (Å²) in [4.78, 5) is 15.0. The van der Waals surface area contributed by atoms with E-state index in [-0.39, 0.29) is 11.5 Å². The monoisotopic (exact) mass is 398 g/mol. The van der Waals surface area contributed by atoms with E-state index >= 15 is 0 Å². The molecule has 3 rings (SSSR count). The van der Waals surface area contributed by atoms with E-state index in [4.69, 9.17) is 14.3 Å². The van der Waals surface area contributed by atoms with Crippen LogP contribution in [0.25, 0.3) is 22.7 Å². The molecule has 1 heterocycles. The van der Waals surface area contributed by atoms with Crippen molar-refractivity contribution in [1.82, 2.24) is 4.98 Å². The molecule has 0 aliphatic heterocycles. The molecular weight excluding hydrogens is 388 g/mol. The number of aliphatic carboxylic acids is 1. The Morgan fingerprint density at radius 1 is 1.36 bits per heavy atom. The van der Waals surface area contributed by atoms with Gasteiger partial charge in [0.15, 0.2) is 12.2 Å². The zero-order valence-corrected chi connectivity index (χ0v) is 14.4. The van der Waals surface area contributed by atoms with Crippen LogP contribution in [0.2, 0.25) is 0 Å². The van der Waals surface area contributed by atoms with Gasteiger partial charge in [0.25, 0.3) is 0 Å². The van der Waals surface area contributed by atoms with Crippen molar-refractivity contribution >= 4 is 44.6 Å². The van der Waals surface area contributed by atoms with Gasteiger partial charge < -0.3 is 14.3 Å². The van der Waals surface area contributed by atoms with Gasteiger partial charge >= 0.3 is 5.97 Å². The molecule has 2 aromatic carbocycles. The van der Waals surface area contributed by atoms with Gasteiger partial charge in [0.05, 0.1) is 0 Å². The Balaban J connectivity index is 2.03. The first-order chi connectivity index (χ1) is 12.1. The van der Waals surface area contributed by atoms with Crippen LogP contribution >= 0.6 is 15.9 Å². The van der Waals surface area contributed by atoms with E-state index < -0.39 is 12.6 Å². The lowest BCUT2D eigenvalue weighted by atomic mass is 10.1. The summed E-state index contributed by atoms with van der Waals surface area (Å²) in [5.41, 5.74) is 1.97. The van der Waals surface area contributed by atoms with Crippen LogP contribution in [-0.2, 0) is 4.79 Å². The van der Waals surface area contributed by atoms with Crippen molar-refractivity contribution < 1.29 is 19.1 Å². The molecule has 25 heavy (non-hydrogen) atoms. The lowest BCUT2D eigenvalue weighted by Gasteiger charge is -2.08. The number of fused-ring (bicyclic) bond motifs is 1. The van der Waals surface area contributed by atoms with Crippen LogP contribution in [0.3, 0.4) is 0 Å². The van der Waals surface area contributed by atoms with Crippen LogP contribution in [0.5, 0.6) is 5.75 Å². The van der Waals surface area contributed by atoms with Crippen LogP contribution in [0.15, 0.2) is 51.4 Å². The number of halogens is 1. The zero-order chi connectivity index (χ0) is 17.8. The highest BCUT2D eigenvalue weighted by molar-refractivity contribution is 9.10. The lowest BCUT2D eigenvalue weighted by molar-refractivity contribution is -0.139. The number of carbonyl (C=O) groups is 1. The summed E-state index contributed by atoms with van der Waals surface area (Å²) < 4.78 is 11.6. The average molecular weight is 399 g/mol. The third-order valence-corrected chi connectivity index (χ3v) is 3.76. The molecule has 7 heteroatoms. The second-order valence-electron chi connectivity index (χ2n) is 5.02. The Kier molecular flexibility index (Phi) is 4.82. The van der Waals surface area contributed by atoms with Gasteiger partial charge in [0.1, 0.15) is 22.9 Å². The first-order valence-corrected chi connectivity index (χ1v) is 7.98. The van der Waals surface area contributed by atoms with Crippen molar-refractivity contribution in [3.8, 4) is 11.8 Å². The second kappa shape index (κ2) is 7.20. The smallest absolute Gasteiger partial charge is 0.341 e. The fourth-order valence-electron chi connectivity index (χ4n) is 2.19. The number of nitriles is 1. The minimum Gasteiger partial charge on any atom is -0.481 e. The molecule has 0 bridgehead atoms. The predicted molar refractivity (Wildman–Crippen MR) is 94.8 cm³/mol. The number of rotatable bonds is 5. The molecule has 1 N–H and O–H groups in total. The Hall–Kier alpha value is -3.11. The van der Waals surface area contributed by atoms with Gasteiger partial charge in [-0.25, -0.2) is 9.78 Å². The molecule has 0 fully saturated rings. The first-order valence-electron chi connectivity index (χ1n) is 7.18. The number of oxazole rings is 1. The van der Waals surface area contributed by atoms with E-state index in [0.29, 0.717) is 22.4 Å². The molecule has 124 valence electrons. The highest BCUT2D eigenvalue weighted by Gasteiger charge is 2.13. The first kappa shape index (κ1) is 16.7. The number of hydrogen-bond acceptors (Lipinski definition) is 5. The number of nitrogens with zero attached hydrogens (tertiary/aromatic N) is 2. The van der Waals surface area contributed by atoms with Crippen molar-refractivity contribution in [2.75, 3.05) is 6.61 Å². The topological polar surface area (TPSA) is 96.3 Å².